The Kier molecular flexibility index (Phi) is 531. The molecule has 0 amide bonds. The molecule has 0 N–H and O–H groups in total. The molecular weight excluding hydrogens is 279 g/mol. The predicted molar refractivity (Wildman–Crippen MR) is 51.7 cm³/mol. The van der Waals surface area contributed by atoms with E-state index < -0.39 is 0 Å². The Hall–Kier alpha value is -0.242. The summed E-state index contributed by atoms with van der Waals surface area (Å²) in [4.78, 5) is 31.0. The molecule has 1 radical (unpaired) electrons. The van der Waals surface area contributed by atoms with Gasteiger partial charge in [-0.2, -0.15) is 0 Å². The normalized spacial score (nSPS) is 4.00. The molecule has 4 nitrogen and oxygen atoms in total. The van der Waals surface area contributed by atoms with Gasteiger partial charge in [-0.1, -0.05) is 0 Å². The first kappa shape index (κ1) is 38.6. The number of carbonyl (C=O) groups excluding carboxylic acids is 4. The van der Waals surface area contributed by atoms with Gasteiger partial charge in [0.1, 0.15) is 0 Å². The van der Waals surface area contributed by atoms with Crippen LogP contribution in [0.15, 0.2) is 0 Å². The van der Waals surface area contributed by atoms with E-state index in [0.717, 1.165) is 0 Å². The molecule has 0 aliphatic rings. The van der Waals surface area contributed by atoms with E-state index in [1.54, 1.807) is 0 Å². The van der Waals surface area contributed by atoms with Crippen molar-refractivity contribution < 1.29 is 36.2 Å². The fraction of sp³-hybridized carbons (Fsp3) is 0.429. The molecule has 0 aliphatic heterocycles. The summed E-state index contributed by atoms with van der Waals surface area (Å²) in [6.45, 7) is 13.0. The van der Waals surface area contributed by atoms with Gasteiger partial charge in [-0.05, 0) is 0 Å². The van der Waals surface area contributed by atoms with E-state index in [9.17, 15) is 0 Å². The van der Waals surface area contributed by atoms with Crippen molar-refractivity contribution in [2.45, 2.75) is 17.1 Å². The predicted octanol–water partition coefficient (Wildman–Crippen LogP) is 0.00400. The van der Waals surface area contributed by atoms with Gasteiger partial charge in [0, 0.05) is 0 Å². The zero-order valence-electron chi connectivity index (χ0n) is 7.80. The second kappa shape index (κ2) is 179. The fourth-order valence-electron chi connectivity index (χ4n) is 0. The van der Waals surface area contributed by atoms with Crippen molar-refractivity contribution in [3.05, 3.63) is 0 Å². The van der Waals surface area contributed by atoms with Gasteiger partial charge in [0.2, 0.25) is 0 Å². The molecule has 0 spiro atoms. The van der Waals surface area contributed by atoms with Crippen LogP contribution in [0.5, 0.6) is 0 Å². The van der Waals surface area contributed by atoms with Crippen molar-refractivity contribution in [3.8, 4) is 0 Å². The second-order valence-electron chi connectivity index (χ2n) is 1.50. The Labute approximate surface area is 95.2 Å². The second-order valence-corrected chi connectivity index (χ2v) is 7.79. The van der Waals surface area contributed by atoms with Crippen LogP contribution in [0.25, 0.3) is 0 Å². The Bertz CT molecular complexity index is 47.0. The van der Waals surface area contributed by atoms with Crippen LogP contribution in [-0.2, 0) is 36.2 Å². The summed E-state index contributed by atoms with van der Waals surface area (Å²) in [6, 6.07) is 0. The molecule has 6 heteroatoms. The SMILES string of the molecule is C[AsH](C)C.[CH-]=O.[CH-]=O.[CH-]=O.[CH-]=O.[Fe+4]. The minimum atomic E-state index is -0.333. The molecule has 0 aromatic carbocycles. The zero-order valence-corrected chi connectivity index (χ0v) is 11.0. The molecular formula is C7H14AsFeO4. The van der Waals surface area contributed by atoms with E-state index in [1.807, 2.05) is 0 Å². The van der Waals surface area contributed by atoms with Gasteiger partial charge in [-0.15, -0.1) is 0 Å². The maximum Gasteiger partial charge on any atom is 4.00 e. The maximum atomic E-state index is 7.75. The Balaban J connectivity index is -0.0000000122. The molecule has 0 saturated heterocycles. The molecule has 13 heavy (non-hydrogen) atoms. The summed E-state index contributed by atoms with van der Waals surface area (Å²) >= 11 is -0.333. The van der Waals surface area contributed by atoms with Crippen LogP contribution in [0.1, 0.15) is 0 Å². The third-order valence-electron chi connectivity index (χ3n) is 0. The molecule has 0 unspecified atom stereocenters. The van der Waals surface area contributed by atoms with Crippen molar-refractivity contribution in [1.29, 1.82) is 0 Å². The summed E-state index contributed by atoms with van der Waals surface area (Å²) in [7, 11) is 0. The molecule has 0 atom stereocenters. The molecule has 0 aromatic heterocycles. The van der Waals surface area contributed by atoms with Crippen LogP contribution in [0.3, 0.4) is 0 Å². The zero-order chi connectivity index (χ0) is 11.6. The van der Waals surface area contributed by atoms with Gasteiger partial charge in [0.25, 0.3) is 0 Å². The van der Waals surface area contributed by atoms with Gasteiger partial charge in [0.05, 0.1) is 0 Å². The molecule has 0 saturated carbocycles. The van der Waals surface area contributed by atoms with Crippen molar-refractivity contribution in [2.75, 3.05) is 0 Å². The average molecular weight is 293 g/mol. The number of hydrogen-bond donors (Lipinski definition) is 0. The van der Waals surface area contributed by atoms with Gasteiger partial charge in [-0.25, -0.2) is 0 Å². The maximum absolute atomic E-state index is 7.75. The monoisotopic (exact) mass is 293 g/mol. The van der Waals surface area contributed by atoms with Crippen molar-refractivity contribution in [2.24, 2.45) is 0 Å². The summed E-state index contributed by atoms with van der Waals surface area (Å²) in [6.07, 6.45) is 0. The van der Waals surface area contributed by atoms with Crippen LogP contribution in [-0.4, -0.2) is 41.8 Å². The smallest absolute Gasteiger partial charge is 0.545 e. The number of hydrogen-bond acceptors (Lipinski definition) is 4. The molecule has 0 rings (SSSR count). The Morgan fingerprint density at radius 3 is 0.615 bits per heavy atom. The van der Waals surface area contributed by atoms with Gasteiger partial charge in [-0.3, -0.25) is 27.2 Å². The molecule has 79 valence electrons. The van der Waals surface area contributed by atoms with E-state index >= 15 is 0 Å². The van der Waals surface area contributed by atoms with E-state index in [2.05, 4.69) is 44.3 Å². The van der Waals surface area contributed by atoms with E-state index in [0.29, 0.717) is 0 Å². The molecule has 0 heterocycles. The topological polar surface area (TPSA) is 68.3 Å². The fourth-order valence-corrected chi connectivity index (χ4v) is 0. The van der Waals surface area contributed by atoms with Gasteiger partial charge >= 0.3 is 48.9 Å². The molecule has 0 aliphatic carbocycles. The first-order valence-electron chi connectivity index (χ1n) is 2.44. The van der Waals surface area contributed by atoms with Crippen LogP contribution >= 0.6 is 0 Å². The van der Waals surface area contributed by atoms with Crippen molar-refractivity contribution in [1.82, 2.24) is 0 Å². The first-order chi connectivity index (χ1) is 5.73. The summed E-state index contributed by atoms with van der Waals surface area (Å²) in [5.41, 5.74) is 7.00. The van der Waals surface area contributed by atoms with Gasteiger partial charge < -0.3 is 19.2 Å². The van der Waals surface area contributed by atoms with E-state index in [4.69, 9.17) is 19.2 Å². The van der Waals surface area contributed by atoms with Gasteiger partial charge in [0.15, 0.2) is 0 Å². The summed E-state index contributed by atoms with van der Waals surface area (Å²) < 4.78 is 0. The minimum Gasteiger partial charge on any atom is -0.545 e. The van der Waals surface area contributed by atoms with Crippen LogP contribution in [0.4, 0.5) is 0 Å². The first-order valence-corrected chi connectivity index (χ1v) is 8.74. The quantitative estimate of drug-likeness (QED) is 0.358. The number of rotatable bonds is 0. The molecule has 0 bridgehead atoms. The molecule has 0 aromatic rings. The van der Waals surface area contributed by atoms with Crippen molar-refractivity contribution in [3.63, 3.8) is 0 Å². The summed E-state index contributed by atoms with van der Waals surface area (Å²) in [5, 5.41) is 0. The Morgan fingerprint density at radius 2 is 0.615 bits per heavy atom. The Morgan fingerprint density at radius 1 is 0.615 bits per heavy atom. The van der Waals surface area contributed by atoms with Crippen molar-refractivity contribution >= 4 is 41.8 Å². The summed E-state index contributed by atoms with van der Waals surface area (Å²) in [5.74, 6) is 0. The third-order valence-corrected chi connectivity index (χ3v) is 0. The van der Waals surface area contributed by atoms with Crippen LogP contribution in [0, 0.1) is 0 Å². The van der Waals surface area contributed by atoms with E-state index in [-0.39, 0.29) is 31.7 Å². The average Bonchev–Trinajstić information content (AvgIpc) is 2.16. The van der Waals surface area contributed by atoms with E-state index in [1.165, 1.54) is 0 Å². The third kappa shape index (κ3) is 19100. The van der Waals surface area contributed by atoms with Crippen LogP contribution in [0.2, 0.25) is 17.1 Å². The molecule has 0 fully saturated rings. The largest absolute Gasteiger partial charge is 4.00 e. The minimum absolute atomic E-state index is 0. The van der Waals surface area contributed by atoms with Crippen LogP contribution < -0.4 is 0 Å². The standard InChI is InChI=1S/C3H10As.4CHO.Fe/c1-4(2)3;4*1-2;/h4H,1-3H3;4*1H;/q;4*-1;+4.